The van der Waals surface area contributed by atoms with Gasteiger partial charge in [-0.2, -0.15) is 0 Å². The molecule has 0 amide bonds. The molecular formula is C55H94O6. The van der Waals surface area contributed by atoms with Crippen LogP contribution in [0.15, 0.2) is 72.9 Å². The summed E-state index contributed by atoms with van der Waals surface area (Å²) in [5.74, 6) is -0.974. The number of esters is 3. The van der Waals surface area contributed by atoms with Gasteiger partial charge in [-0.1, -0.05) is 229 Å². The molecule has 0 aromatic heterocycles. The lowest BCUT2D eigenvalue weighted by atomic mass is 10.0. The second-order valence-electron chi connectivity index (χ2n) is 16.7. The van der Waals surface area contributed by atoms with Gasteiger partial charge in [0.25, 0.3) is 0 Å². The first-order valence-corrected chi connectivity index (χ1v) is 25.5. The number of carbonyl (C=O) groups is 3. The molecule has 0 rings (SSSR count). The normalized spacial score (nSPS) is 12.6. The van der Waals surface area contributed by atoms with Crippen molar-refractivity contribution < 1.29 is 28.6 Å². The quantitative estimate of drug-likeness (QED) is 0.0200. The van der Waals surface area contributed by atoms with E-state index in [-0.39, 0.29) is 37.5 Å². The minimum absolute atomic E-state index is 0.0981. The second kappa shape index (κ2) is 49.5. The summed E-state index contributed by atoms with van der Waals surface area (Å²) in [5.41, 5.74) is 0. The highest BCUT2D eigenvalue weighted by Crippen LogP contribution is 2.16. The summed E-state index contributed by atoms with van der Waals surface area (Å²) in [4.78, 5) is 37.9. The predicted molar refractivity (Wildman–Crippen MR) is 261 cm³/mol. The molecule has 0 aliphatic carbocycles. The van der Waals surface area contributed by atoms with E-state index in [4.69, 9.17) is 14.2 Å². The summed E-state index contributed by atoms with van der Waals surface area (Å²) >= 11 is 0. The number of rotatable bonds is 45. The van der Waals surface area contributed by atoms with Gasteiger partial charge in [0.2, 0.25) is 0 Å². The van der Waals surface area contributed by atoms with Gasteiger partial charge in [0.05, 0.1) is 0 Å². The predicted octanol–water partition coefficient (Wildman–Crippen LogP) is 16.6. The van der Waals surface area contributed by atoms with Crippen molar-refractivity contribution in [3.05, 3.63) is 72.9 Å². The Balaban J connectivity index is 4.36. The Kier molecular flexibility index (Phi) is 46.9. The van der Waals surface area contributed by atoms with Crippen LogP contribution in [0.3, 0.4) is 0 Å². The zero-order chi connectivity index (χ0) is 44.4. The molecule has 1 atom stereocenters. The summed E-state index contributed by atoms with van der Waals surface area (Å²) in [7, 11) is 0. The van der Waals surface area contributed by atoms with Crippen LogP contribution in [0.2, 0.25) is 0 Å². The van der Waals surface area contributed by atoms with Crippen LogP contribution < -0.4 is 0 Å². The van der Waals surface area contributed by atoms with E-state index in [1.165, 1.54) is 103 Å². The van der Waals surface area contributed by atoms with E-state index in [9.17, 15) is 14.4 Å². The minimum Gasteiger partial charge on any atom is -0.462 e. The molecule has 0 radical (unpaired) electrons. The molecule has 6 nitrogen and oxygen atoms in total. The maximum absolute atomic E-state index is 12.8. The van der Waals surface area contributed by atoms with Gasteiger partial charge in [0, 0.05) is 19.3 Å². The Morgan fingerprint density at radius 3 is 1.23 bits per heavy atom. The molecule has 0 bridgehead atoms. The fourth-order valence-corrected chi connectivity index (χ4v) is 7.00. The highest BCUT2D eigenvalue weighted by atomic mass is 16.6. The van der Waals surface area contributed by atoms with E-state index in [0.29, 0.717) is 19.3 Å². The van der Waals surface area contributed by atoms with Gasteiger partial charge in [0.1, 0.15) is 13.2 Å². The molecular weight excluding hydrogens is 757 g/mol. The fourth-order valence-electron chi connectivity index (χ4n) is 7.00. The smallest absolute Gasteiger partial charge is 0.306 e. The molecule has 0 aromatic rings. The molecule has 0 aliphatic heterocycles. The maximum Gasteiger partial charge on any atom is 0.306 e. The molecule has 6 heteroatoms. The third-order valence-corrected chi connectivity index (χ3v) is 10.8. The Morgan fingerprint density at radius 2 is 0.738 bits per heavy atom. The zero-order valence-electron chi connectivity index (χ0n) is 39.9. The Labute approximate surface area is 376 Å². The fraction of sp³-hybridized carbons (Fsp3) is 0.727. The molecule has 0 fully saturated rings. The van der Waals surface area contributed by atoms with Crippen LogP contribution in [0.25, 0.3) is 0 Å². The minimum atomic E-state index is -0.803. The first-order chi connectivity index (χ1) is 30.0. The van der Waals surface area contributed by atoms with Crippen molar-refractivity contribution in [2.75, 3.05) is 13.2 Å². The monoisotopic (exact) mass is 851 g/mol. The molecule has 0 saturated carbocycles. The average molecular weight is 851 g/mol. The van der Waals surface area contributed by atoms with Crippen LogP contribution in [0, 0.1) is 0 Å². The van der Waals surface area contributed by atoms with Gasteiger partial charge in [-0.25, -0.2) is 0 Å². The summed E-state index contributed by atoms with van der Waals surface area (Å²) in [6.07, 6.45) is 61.9. The van der Waals surface area contributed by atoms with Gasteiger partial charge in [-0.05, 0) is 64.2 Å². The lowest BCUT2D eigenvalue weighted by molar-refractivity contribution is -0.167. The number of ether oxygens (including phenoxy) is 3. The van der Waals surface area contributed by atoms with Gasteiger partial charge in [-0.3, -0.25) is 14.4 Å². The van der Waals surface area contributed by atoms with E-state index >= 15 is 0 Å². The number of carbonyl (C=O) groups excluding carboxylic acids is 3. The van der Waals surface area contributed by atoms with Gasteiger partial charge in [0.15, 0.2) is 6.10 Å². The van der Waals surface area contributed by atoms with Gasteiger partial charge in [-0.15, -0.1) is 0 Å². The van der Waals surface area contributed by atoms with Crippen LogP contribution in [0.1, 0.15) is 239 Å². The third-order valence-electron chi connectivity index (χ3n) is 10.8. The van der Waals surface area contributed by atoms with Crippen molar-refractivity contribution in [1.29, 1.82) is 0 Å². The maximum atomic E-state index is 12.8. The lowest BCUT2D eigenvalue weighted by Crippen LogP contribution is -2.30. The van der Waals surface area contributed by atoms with Crippen LogP contribution in [-0.2, 0) is 28.6 Å². The molecule has 0 heterocycles. The molecule has 1 unspecified atom stereocenters. The summed E-state index contributed by atoms with van der Waals surface area (Å²) in [6.45, 7) is 6.33. The van der Waals surface area contributed by atoms with Crippen LogP contribution in [0.4, 0.5) is 0 Å². The average Bonchev–Trinajstić information content (AvgIpc) is 3.26. The van der Waals surface area contributed by atoms with Crippen molar-refractivity contribution in [2.45, 2.75) is 245 Å². The molecule has 0 spiro atoms. The van der Waals surface area contributed by atoms with Gasteiger partial charge < -0.3 is 14.2 Å². The molecule has 350 valence electrons. The molecule has 0 saturated heterocycles. The highest BCUT2D eigenvalue weighted by Gasteiger charge is 2.19. The van der Waals surface area contributed by atoms with E-state index < -0.39 is 6.10 Å². The van der Waals surface area contributed by atoms with Crippen LogP contribution in [-0.4, -0.2) is 37.2 Å². The lowest BCUT2D eigenvalue weighted by Gasteiger charge is -2.18. The van der Waals surface area contributed by atoms with E-state index in [2.05, 4.69) is 93.7 Å². The highest BCUT2D eigenvalue weighted by molar-refractivity contribution is 5.71. The molecule has 0 aliphatic rings. The summed E-state index contributed by atoms with van der Waals surface area (Å²) < 4.78 is 16.7. The number of hydrogen-bond donors (Lipinski definition) is 0. The van der Waals surface area contributed by atoms with Gasteiger partial charge >= 0.3 is 17.9 Å². The first kappa shape index (κ1) is 57.9. The van der Waals surface area contributed by atoms with Crippen molar-refractivity contribution in [1.82, 2.24) is 0 Å². The number of unbranched alkanes of at least 4 members (excludes halogenated alkanes) is 24. The van der Waals surface area contributed by atoms with E-state index in [1.54, 1.807) is 0 Å². The van der Waals surface area contributed by atoms with E-state index in [0.717, 1.165) is 89.9 Å². The van der Waals surface area contributed by atoms with Crippen LogP contribution in [0.5, 0.6) is 0 Å². The summed E-state index contributed by atoms with van der Waals surface area (Å²) in [5, 5.41) is 0. The number of allylic oxidation sites excluding steroid dienone is 12. The Hall–Kier alpha value is -3.15. The number of hydrogen-bond acceptors (Lipinski definition) is 6. The third kappa shape index (κ3) is 47.7. The Bertz CT molecular complexity index is 1160. The standard InChI is InChI=1S/C55H94O6/c1-4-7-10-13-16-19-22-24-25-26-27-28-29-31-33-36-39-42-45-48-54(57)60-51-52(50-59-53(56)47-44-41-38-35-32-21-18-15-12-9-6-3)61-55(58)49-46-43-40-37-34-30-23-20-17-14-11-8-5-2/h8-9,11-12,14,17-18,20-21,23,35,38,52H,4-7,10,13,15-16,19,22,24-34,36-37,39-51H2,1-3H3/b11-8-,12-9-,17-14-,21-18-,23-20-,38-35-. The molecule has 0 N–H and O–H groups in total. The second-order valence-corrected chi connectivity index (χ2v) is 16.7. The molecule has 61 heavy (non-hydrogen) atoms. The largest absolute Gasteiger partial charge is 0.462 e. The van der Waals surface area contributed by atoms with Crippen molar-refractivity contribution in [3.63, 3.8) is 0 Å². The van der Waals surface area contributed by atoms with Crippen molar-refractivity contribution in [3.8, 4) is 0 Å². The topological polar surface area (TPSA) is 78.9 Å². The zero-order valence-corrected chi connectivity index (χ0v) is 39.9. The van der Waals surface area contributed by atoms with E-state index in [1.807, 2.05) is 0 Å². The summed E-state index contributed by atoms with van der Waals surface area (Å²) in [6, 6.07) is 0. The molecule has 0 aromatic carbocycles. The van der Waals surface area contributed by atoms with Crippen LogP contribution >= 0.6 is 0 Å². The SMILES string of the molecule is CC\C=C/C=C\C=C/CCCCCCCC(=O)OC(COC(=O)CCC/C=C\C/C=C\C/C=C\CC)COC(=O)CCCCCCCCCCCCCCCCCCCCC. The van der Waals surface area contributed by atoms with Crippen molar-refractivity contribution >= 4 is 17.9 Å². The Morgan fingerprint density at radius 1 is 0.361 bits per heavy atom. The first-order valence-electron chi connectivity index (χ1n) is 25.5. The van der Waals surface area contributed by atoms with Crippen molar-refractivity contribution in [2.24, 2.45) is 0 Å².